The van der Waals surface area contributed by atoms with Gasteiger partial charge < -0.3 is 18.5 Å². The molecule has 1 atom stereocenters. The lowest BCUT2D eigenvalue weighted by Gasteiger charge is -2.15. The Morgan fingerprint density at radius 1 is 1.12 bits per heavy atom. The van der Waals surface area contributed by atoms with Crippen molar-refractivity contribution in [3.63, 3.8) is 0 Å². The molecule has 4 rings (SSSR count). The van der Waals surface area contributed by atoms with E-state index in [0.717, 1.165) is 39.2 Å². The van der Waals surface area contributed by atoms with Crippen LogP contribution >= 0.6 is 11.6 Å². The number of fused-ring (bicyclic) bond motifs is 1. The third-order valence-corrected chi connectivity index (χ3v) is 6.15. The van der Waals surface area contributed by atoms with Crippen LogP contribution in [0.2, 0.25) is 5.02 Å². The molecule has 0 bridgehead atoms. The van der Waals surface area contributed by atoms with Crippen molar-refractivity contribution in [1.29, 1.82) is 0 Å². The van der Waals surface area contributed by atoms with Crippen LogP contribution in [0, 0.1) is 13.8 Å². The lowest BCUT2D eigenvalue weighted by molar-refractivity contribution is -0.156. The third-order valence-electron chi connectivity index (χ3n) is 5.82. The summed E-state index contributed by atoms with van der Waals surface area (Å²) in [6.45, 7) is 9.04. The van der Waals surface area contributed by atoms with E-state index in [1.807, 2.05) is 44.2 Å². The molecule has 0 aliphatic rings. The second-order valence-corrected chi connectivity index (χ2v) is 8.57. The Bertz CT molecular complexity index is 1310. The maximum absolute atomic E-state index is 12.2. The van der Waals surface area contributed by atoms with Crippen molar-refractivity contribution in [2.45, 2.75) is 46.8 Å². The van der Waals surface area contributed by atoms with Crippen molar-refractivity contribution in [2.24, 2.45) is 0 Å². The van der Waals surface area contributed by atoms with Crippen LogP contribution in [-0.4, -0.2) is 34.8 Å². The normalized spacial score (nSPS) is 12.3. The van der Waals surface area contributed by atoms with E-state index < -0.39 is 6.10 Å². The van der Waals surface area contributed by atoms with E-state index in [4.69, 9.17) is 30.5 Å². The number of ether oxygens (including phenoxy) is 2. The molecule has 1 unspecified atom stereocenters. The first-order chi connectivity index (χ1) is 16.4. The molecular formula is C27H29ClN2O4. The molecule has 0 amide bonds. The minimum atomic E-state index is -0.605. The van der Waals surface area contributed by atoms with E-state index in [0.29, 0.717) is 37.1 Å². The van der Waals surface area contributed by atoms with Crippen LogP contribution in [0.3, 0.4) is 0 Å². The third kappa shape index (κ3) is 5.03. The van der Waals surface area contributed by atoms with Gasteiger partial charge in [0.15, 0.2) is 6.10 Å². The van der Waals surface area contributed by atoms with Crippen LogP contribution in [0.4, 0.5) is 0 Å². The van der Waals surface area contributed by atoms with Crippen LogP contribution in [0.1, 0.15) is 36.6 Å². The maximum atomic E-state index is 12.2. The van der Waals surface area contributed by atoms with Crippen molar-refractivity contribution in [1.82, 2.24) is 9.55 Å². The summed E-state index contributed by atoms with van der Waals surface area (Å²) in [7, 11) is 0. The number of oxazole rings is 1. The highest BCUT2D eigenvalue weighted by Gasteiger charge is 2.21. The molecule has 34 heavy (non-hydrogen) atoms. The van der Waals surface area contributed by atoms with Gasteiger partial charge in [0.2, 0.25) is 5.89 Å². The van der Waals surface area contributed by atoms with E-state index in [9.17, 15) is 4.79 Å². The molecule has 7 heteroatoms. The first-order valence-corrected chi connectivity index (χ1v) is 11.9. The Balaban J connectivity index is 1.60. The van der Waals surface area contributed by atoms with Crippen LogP contribution < -0.4 is 0 Å². The molecule has 6 nitrogen and oxygen atoms in total. The standard InChI is InChI=1S/C27H29ClN2O4/c1-5-32-25(27(31)33-6-2)15-19-11-12-24-20(14-19)13-17(3)30(24)16-23-18(4)34-26(29-23)21-9-7-8-10-22(21)28/h7-14,25H,5-6,15-16H2,1-4H3. The summed E-state index contributed by atoms with van der Waals surface area (Å²) in [4.78, 5) is 17.0. The molecule has 2 heterocycles. The summed E-state index contributed by atoms with van der Waals surface area (Å²) in [6.07, 6.45) is -0.136. The first-order valence-electron chi connectivity index (χ1n) is 11.5. The summed E-state index contributed by atoms with van der Waals surface area (Å²) in [5.41, 5.74) is 4.86. The Kier molecular flexibility index (Phi) is 7.39. The number of rotatable bonds is 9. The van der Waals surface area contributed by atoms with E-state index in [1.54, 1.807) is 6.92 Å². The average molecular weight is 481 g/mol. The van der Waals surface area contributed by atoms with Gasteiger partial charge in [0.1, 0.15) is 11.5 Å². The minimum absolute atomic E-state index is 0.325. The molecule has 4 aromatic rings. The van der Waals surface area contributed by atoms with Gasteiger partial charge >= 0.3 is 5.97 Å². The van der Waals surface area contributed by atoms with Crippen molar-refractivity contribution in [2.75, 3.05) is 13.2 Å². The van der Waals surface area contributed by atoms with Crippen LogP contribution in [0.5, 0.6) is 0 Å². The number of hydrogen-bond donors (Lipinski definition) is 0. The van der Waals surface area contributed by atoms with Crippen molar-refractivity contribution < 1.29 is 18.7 Å². The van der Waals surface area contributed by atoms with Gasteiger partial charge in [0.25, 0.3) is 0 Å². The highest BCUT2D eigenvalue weighted by atomic mass is 35.5. The maximum Gasteiger partial charge on any atom is 0.335 e. The summed E-state index contributed by atoms with van der Waals surface area (Å²) >= 11 is 6.33. The Morgan fingerprint density at radius 2 is 1.91 bits per heavy atom. The zero-order chi connectivity index (χ0) is 24.2. The molecule has 0 N–H and O–H groups in total. The number of aryl methyl sites for hydroxylation is 2. The largest absolute Gasteiger partial charge is 0.464 e. The van der Waals surface area contributed by atoms with Crippen molar-refractivity contribution in [3.8, 4) is 11.5 Å². The molecule has 2 aromatic carbocycles. The van der Waals surface area contributed by atoms with Gasteiger partial charge in [-0.15, -0.1) is 0 Å². The summed E-state index contributed by atoms with van der Waals surface area (Å²) < 4.78 is 19.0. The van der Waals surface area contributed by atoms with Crippen molar-refractivity contribution >= 4 is 28.5 Å². The highest BCUT2D eigenvalue weighted by Crippen LogP contribution is 2.30. The van der Waals surface area contributed by atoms with Gasteiger partial charge in [-0.3, -0.25) is 0 Å². The zero-order valence-electron chi connectivity index (χ0n) is 19.9. The second-order valence-electron chi connectivity index (χ2n) is 8.17. The lowest BCUT2D eigenvalue weighted by atomic mass is 10.1. The van der Waals surface area contributed by atoms with Gasteiger partial charge in [0, 0.05) is 29.6 Å². The van der Waals surface area contributed by atoms with Gasteiger partial charge in [-0.1, -0.05) is 29.8 Å². The number of carbonyl (C=O) groups excluding carboxylic acids is 1. The van der Waals surface area contributed by atoms with Gasteiger partial charge in [-0.25, -0.2) is 9.78 Å². The predicted octanol–water partition coefficient (Wildman–Crippen LogP) is 6.13. The molecule has 0 aliphatic heterocycles. The van der Waals surface area contributed by atoms with Crippen LogP contribution in [-0.2, 0) is 27.2 Å². The van der Waals surface area contributed by atoms with Gasteiger partial charge in [0.05, 0.1) is 23.7 Å². The smallest absolute Gasteiger partial charge is 0.335 e. The fraction of sp³-hybridized carbons (Fsp3) is 0.333. The number of benzene rings is 2. The summed E-state index contributed by atoms with van der Waals surface area (Å²) in [5.74, 6) is 0.964. The van der Waals surface area contributed by atoms with Crippen molar-refractivity contribution in [3.05, 3.63) is 76.3 Å². The second kappa shape index (κ2) is 10.5. The lowest BCUT2D eigenvalue weighted by Crippen LogP contribution is -2.28. The fourth-order valence-corrected chi connectivity index (χ4v) is 4.35. The van der Waals surface area contributed by atoms with E-state index >= 15 is 0 Å². The number of esters is 1. The zero-order valence-corrected chi connectivity index (χ0v) is 20.7. The number of carbonyl (C=O) groups is 1. The van der Waals surface area contributed by atoms with Crippen LogP contribution in [0.25, 0.3) is 22.4 Å². The summed E-state index contributed by atoms with van der Waals surface area (Å²) in [6, 6.07) is 15.9. The monoisotopic (exact) mass is 480 g/mol. The summed E-state index contributed by atoms with van der Waals surface area (Å²) in [5, 5.41) is 1.71. The van der Waals surface area contributed by atoms with Crippen LogP contribution in [0.15, 0.2) is 52.9 Å². The number of aromatic nitrogens is 2. The first kappa shape index (κ1) is 24.0. The minimum Gasteiger partial charge on any atom is -0.464 e. The Morgan fingerprint density at radius 3 is 2.65 bits per heavy atom. The molecule has 0 saturated heterocycles. The SMILES string of the molecule is CCOC(=O)C(Cc1ccc2c(c1)cc(C)n2Cc1nc(-c2ccccc2Cl)oc1C)OCC. The molecule has 0 spiro atoms. The molecule has 0 radical (unpaired) electrons. The predicted molar refractivity (Wildman–Crippen MR) is 133 cm³/mol. The quantitative estimate of drug-likeness (QED) is 0.270. The Labute approximate surface area is 204 Å². The van der Waals surface area contributed by atoms with E-state index in [2.05, 4.69) is 29.7 Å². The number of nitrogens with zero attached hydrogens (tertiary/aromatic N) is 2. The fourth-order valence-electron chi connectivity index (χ4n) is 4.13. The molecule has 0 fully saturated rings. The topological polar surface area (TPSA) is 66.5 Å². The number of hydrogen-bond acceptors (Lipinski definition) is 5. The van der Waals surface area contributed by atoms with E-state index in [-0.39, 0.29) is 5.97 Å². The van der Waals surface area contributed by atoms with E-state index in [1.165, 1.54) is 0 Å². The molecule has 178 valence electrons. The van der Waals surface area contributed by atoms with Gasteiger partial charge in [-0.05, 0) is 63.6 Å². The molecule has 0 saturated carbocycles. The molecular weight excluding hydrogens is 452 g/mol. The molecule has 2 aromatic heterocycles. The molecule has 0 aliphatic carbocycles. The Hall–Kier alpha value is -3.09. The average Bonchev–Trinajstić information content (AvgIpc) is 3.33. The highest BCUT2D eigenvalue weighted by molar-refractivity contribution is 6.33. The number of halogens is 1. The van der Waals surface area contributed by atoms with Gasteiger partial charge in [-0.2, -0.15) is 0 Å².